The molecule has 0 aromatic heterocycles. The number of piperidine rings is 1. The van der Waals surface area contributed by atoms with Gasteiger partial charge in [-0.15, -0.1) is 0 Å². The Bertz CT molecular complexity index is 575. The lowest BCUT2D eigenvalue weighted by atomic mass is 9.91. The second kappa shape index (κ2) is 5.39. The molecule has 2 aliphatic heterocycles. The molecule has 2 aliphatic rings. The zero-order valence-electron chi connectivity index (χ0n) is 12.4. The fourth-order valence-electron chi connectivity index (χ4n) is 3.23. The maximum absolute atomic E-state index is 12.6. The van der Waals surface area contributed by atoms with Crippen molar-refractivity contribution in [3.63, 3.8) is 0 Å². The number of hydrogen-bond donors (Lipinski definition) is 1. The number of likely N-dealkylation sites (tertiary alicyclic amines) is 1. The Labute approximate surface area is 124 Å². The Morgan fingerprint density at radius 3 is 2.71 bits per heavy atom. The van der Waals surface area contributed by atoms with Crippen LogP contribution in [-0.2, 0) is 4.79 Å². The summed E-state index contributed by atoms with van der Waals surface area (Å²) in [4.78, 5) is 25.9. The Kier molecular flexibility index (Phi) is 3.57. The molecular formula is C16H20N2O3. The van der Waals surface area contributed by atoms with Crippen molar-refractivity contribution in [2.24, 2.45) is 11.8 Å². The minimum atomic E-state index is -0.188. The number of fused-ring (bicyclic) bond motifs is 1. The average Bonchev–Trinajstić information content (AvgIpc) is 2.44. The third-order valence-corrected chi connectivity index (χ3v) is 4.02. The number of rotatable bonds is 1. The zero-order valence-corrected chi connectivity index (χ0v) is 12.4. The van der Waals surface area contributed by atoms with Crippen LogP contribution < -0.4 is 10.1 Å². The molecule has 5 heteroatoms. The SMILES string of the molecule is CC1CC(C)CN(C(=O)c2ccc3c(c2)NC(=O)CO3)C1. The van der Waals surface area contributed by atoms with Gasteiger partial charge in [-0.05, 0) is 36.5 Å². The molecule has 3 rings (SSSR count). The van der Waals surface area contributed by atoms with Crippen LogP contribution in [0.2, 0.25) is 0 Å². The first-order valence-corrected chi connectivity index (χ1v) is 7.39. The highest BCUT2D eigenvalue weighted by Crippen LogP contribution is 2.30. The van der Waals surface area contributed by atoms with E-state index in [0.717, 1.165) is 19.5 Å². The van der Waals surface area contributed by atoms with Crippen molar-refractivity contribution in [2.75, 3.05) is 25.0 Å². The lowest BCUT2D eigenvalue weighted by molar-refractivity contribution is -0.118. The van der Waals surface area contributed by atoms with Crippen molar-refractivity contribution < 1.29 is 14.3 Å². The summed E-state index contributed by atoms with van der Waals surface area (Å²) in [6, 6.07) is 5.22. The number of nitrogens with zero attached hydrogens (tertiary/aromatic N) is 1. The maximum Gasteiger partial charge on any atom is 0.262 e. The van der Waals surface area contributed by atoms with E-state index in [9.17, 15) is 9.59 Å². The van der Waals surface area contributed by atoms with E-state index in [-0.39, 0.29) is 18.4 Å². The number of benzene rings is 1. The van der Waals surface area contributed by atoms with E-state index < -0.39 is 0 Å². The van der Waals surface area contributed by atoms with Crippen LogP contribution in [0, 0.1) is 11.8 Å². The Hall–Kier alpha value is -2.04. The van der Waals surface area contributed by atoms with E-state index in [4.69, 9.17) is 4.74 Å². The van der Waals surface area contributed by atoms with Gasteiger partial charge in [-0.2, -0.15) is 0 Å². The highest BCUT2D eigenvalue weighted by molar-refractivity contribution is 5.99. The van der Waals surface area contributed by atoms with E-state index in [1.807, 2.05) is 4.90 Å². The molecule has 0 bridgehead atoms. The number of amides is 2. The number of carbonyl (C=O) groups is 2. The largest absolute Gasteiger partial charge is 0.482 e. The van der Waals surface area contributed by atoms with Crippen molar-refractivity contribution in [2.45, 2.75) is 20.3 Å². The van der Waals surface area contributed by atoms with Crippen molar-refractivity contribution in [3.05, 3.63) is 23.8 Å². The predicted octanol–water partition coefficient (Wildman–Crippen LogP) is 2.14. The van der Waals surface area contributed by atoms with E-state index in [1.54, 1.807) is 18.2 Å². The van der Waals surface area contributed by atoms with Gasteiger partial charge in [-0.1, -0.05) is 13.8 Å². The van der Waals surface area contributed by atoms with Gasteiger partial charge in [0, 0.05) is 18.7 Å². The normalized spacial score (nSPS) is 24.9. The molecule has 0 saturated carbocycles. The predicted molar refractivity (Wildman–Crippen MR) is 79.4 cm³/mol. The second-order valence-corrected chi connectivity index (χ2v) is 6.20. The minimum absolute atomic E-state index is 0.0241. The summed E-state index contributed by atoms with van der Waals surface area (Å²) < 4.78 is 5.31. The molecule has 2 heterocycles. The molecule has 5 nitrogen and oxygen atoms in total. The number of anilines is 1. The van der Waals surface area contributed by atoms with Gasteiger partial charge in [0.1, 0.15) is 5.75 Å². The van der Waals surface area contributed by atoms with Crippen LogP contribution in [0.3, 0.4) is 0 Å². The molecule has 0 radical (unpaired) electrons. The topological polar surface area (TPSA) is 58.6 Å². The lowest BCUT2D eigenvalue weighted by Gasteiger charge is -2.35. The van der Waals surface area contributed by atoms with Crippen LogP contribution in [0.5, 0.6) is 5.75 Å². The molecule has 2 amide bonds. The molecule has 1 saturated heterocycles. The van der Waals surface area contributed by atoms with E-state index in [1.165, 1.54) is 0 Å². The summed E-state index contributed by atoms with van der Waals surface area (Å²) in [7, 11) is 0. The second-order valence-electron chi connectivity index (χ2n) is 6.20. The molecule has 2 atom stereocenters. The third kappa shape index (κ3) is 2.86. The van der Waals surface area contributed by atoms with Crippen LogP contribution in [0.15, 0.2) is 18.2 Å². The van der Waals surface area contributed by atoms with Gasteiger partial charge < -0.3 is 15.0 Å². The molecule has 112 valence electrons. The third-order valence-electron chi connectivity index (χ3n) is 4.02. The first kappa shape index (κ1) is 13.9. The quantitative estimate of drug-likeness (QED) is 0.861. The zero-order chi connectivity index (χ0) is 15.0. The lowest BCUT2D eigenvalue weighted by Crippen LogP contribution is -2.42. The summed E-state index contributed by atoms with van der Waals surface area (Å²) in [5.74, 6) is 1.51. The van der Waals surface area contributed by atoms with E-state index >= 15 is 0 Å². The monoisotopic (exact) mass is 288 g/mol. The van der Waals surface area contributed by atoms with Crippen molar-refractivity contribution >= 4 is 17.5 Å². The van der Waals surface area contributed by atoms with Crippen LogP contribution >= 0.6 is 0 Å². The summed E-state index contributed by atoms with van der Waals surface area (Å²) in [6.07, 6.45) is 1.16. The average molecular weight is 288 g/mol. The standard InChI is InChI=1S/C16H20N2O3/c1-10-5-11(2)8-18(7-10)16(20)12-3-4-14-13(6-12)17-15(19)9-21-14/h3-4,6,10-11H,5,7-9H2,1-2H3,(H,17,19). The van der Waals surface area contributed by atoms with Crippen LogP contribution in [0.4, 0.5) is 5.69 Å². The van der Waals surface area contributed by atoms with Gasteiger partial charge in [0.05, 0.1) is 5.69 Å². The summed E-state index contributed by atoms with van der Waals surface area (Å²) in [5.41, 5.74) is 1.18. The molecule has 0 spiro atoms. The van der Waals surface area contributed by atoms with Crippen LogP contribution in [0.1, 0.15) is 30.6 Å². The van der Waals surface area contributed by atoms with Crippen LogP contribution in [0.25, 0.3) is 0 Å². The molecule has 1 aromatic rings. The number of carbonyl (C=O) groups excluding carboxylic acids is 2. The number of ether oxygens (including phenoxy) is 1. The van der Waals surface area contributed by atoms with Crippen molar-refractivity contribution in [3.8, 4) is 5.75 Å². The first-order chi connectivity index (χ1) is 10.0. The van der Waals surface area contributed by atoms with Gasteiger partial charge >= 0.3 is 0 Å². The van der Waals surface area contributed by atoms with Crippen molar-refractivity contribution in [1.82, 2.24) is 4.90 Å². The molecule has 1 aromatic carbocycles. The van der Waals surface area contributed by atoms with Gasteiger partial charge in [0.2, 0.25) is 0 Å². The minimum Gasteiger partial charge on any atom is -0.482 e. The molecule has 1 N–H and O–H groups in total. The molecular weight excluding hydrogens is 268 g/mol. The van der Waals surface area contributed by atoms with Gasteiger partial charge in [0.15, 0.2) is 6.61 Å². The molecule has 21 heavy (non-hydrogen) atoms. The van der Waals surface area contributed by atoms with Crippen molar-refractivity contribution in [1.29, 1.82) is 0 Å². The number of nitrogens with one attached hydrogen (secondary N) is 1. The molecule has 2 unspecified atom stereocenters. The first-order valence-electron chi connectivity index (χ1n) is 7.39. The Balaban J connectivity index is 1.81. The molecule has 0 aliphatic carbocycles. The van der Waals surface area contributed by atoms with Crippen LogP contribution in [-0.4, -0.2) is 36.4 Å². The number of hydrogen-bond acceptors (Lipinski definition) is 3. The van der Waals surface area contributed by atoms with E-state index in [0.29, 0.717) is 28.8 Å². The fraction of sp³-hybridized carbons (Fsp3) is 0.500. The molecule has 1 fully saturated rings. The Morgan fingerprint density at radius 2 is 2.00 bits per heavy atom. The summed E-state index contributed by atoms with van der Waals surface area (Å²) in [5, 5.41) is 2.74. The van der Waals surface area contributed by atoms with Gasteiger partial charge in [-0.3, -0.25) is 9.59 Å². The summed E-state index contributed by atoms with van der Waals surface area (Å²) in [6.45, 7) is 5.97. The Morgan fingerprint density at radius 1 is 1.29 bits per heavy atom. The van der Waals surface area contributed by atoms with Gasteiger partial charge in [0.25, 0.3) is 11.8 Å². The maximum atomic E-state index is 12.6. The highest BCUT2D eigenvalue weighted by atomic mass is 16.5. The fourth-order valence-corrected chi connectivity index (χ4v) is 3.23. The smallest absolute Gasteiger partial charge is 0.262 e. The van der Waals surface area contributed by atoms with E-state index in [2.05, 4.69) is 19.2 Å². The summed E-state index contributed by atoms with van der Waals surface area (Å²) >= 11 is 0. The van der Waals surface area contributed by atoms with Gasteiger partial charge in [-0.25, -0.2) is 0 Å². The highest BCUT2D eigenvalue weighted by Gasteiger charge is 2.27.